The van der Waals surface area contributed by atoms with Crippen LogP contribution in [0.5, 0.6) is 0 Å². The van der Waals surface area contributed by atoms with E-state index in [1.165, 1.54) is 35.0 Å². The second kappa shape index (κ2) is 8.97. The van der Waals surface area contributed by atoms with E-state index in [9.17, 15) is 27.2 Å². The molecule has 1 aliphatic heterocycles. The molecular formula is C24H22F4N4O2. The largest absolute Gasteiger partial charge is 0.417 e. The van der Waals surface area contributed by atoms with Gasteiger partial charge in [-0.05, 0) is 49.2 Å². The van der Waals surface area contributed by atoms with E-state index in [2.05, 4.69) is 5.32 Å². The van der Waals surface area contributed by atoms with Crippen LogP contribution in [-0.4, -0.2) is 31.1 Å². The molecule has 1 saturated carbocycles. The van der Waals surface area contributed by atoms with Gasteiger partial charge in [-0.1, -0.05) is 19.3 Å². The zero-order valence-corrected chi connectivity index (χ0v) is 18.3. The van der Waals surface area contributed by atoms with Gasteiger partial charge in [-0.3, -0.25) is 14.6 Å². The predicted octanol–water partition coefficient (Wildman–Crippen LogP) is 5.22. The second-order valence-electron chi connectivity index (χ2n) is 8.38. The fourth-order valence-corrected chi connectivity index (χ4v) is 4.86. The number of halogens is 4. The third kappa shape index (κ3) is 4.06. The van der Waals surface area contributed by atoms with Gasteiger partial charge in [0.15, 0.2) is 0 Å². The molecule has 0 spiro atoms. The lowest BCUT2D eigenvalue weighted by Gasteiger charge is -2.26. The number of urea groups is 1. The molecule has 4 rings (SSSR count). The summed E-state index contributed by atoms with van der Waals surface area (Å²) in [5.74, 6) is -1.41. The Morgan fingerprint density at radius 1 is 1.03 bits per heavy atom. The number of benzene rings is 2. The number of amides is 3. The average Bonchev–Trinajstić information content (AvgIpc) is 2.92. The number of carbonyl (C=O) groups excluding carboxylic acids is 2. The molecule has 0 aromatic heterocycles. The predicted molar refractivity (Wildman–Crippen MR) is 117 cm³/mol. The van der Waals surface area contributed by atoms with E-state index in [4.69, 9.17) is 5.26 Å². The van der Waals surface area contributed by atoms with Crippen LogP contribution in [-0.2, 0) is 6.18 Å². The summed E-state index contributed by atoms with van der Waals surface area (Å²) in [6.07, 6.45) is -1.05. The van der Waals surface area contributed by atoms with Gasteiger partial charge >= 0.3 is 12.2 Å². The van der Waals surface area contributed by atoms with Gasteiger partial charge in [0, 0.05) is 18.4 Å². The molecule has 2 aliphatic rings. The Balaban J connectivity index is 1.79. The van der Waals surface area contributed by atoms with Gasteiger partial charge in [0.2, 0.25) is 0 Å². The number of nitriles is 1. The number of hydrogen-bond acceptors (Lipinski definition) is 3. The molecule has 1 saturated heterocycles. The third-order valence-electron chi connectivity index (χ3n) is 6.43. The first-order valence-electron chi connectivity index (χ1n) is 10.9. The van der Waals surface area contributed by atoms with E-state index in [0.29, 0.717) is 12.8 Å². The van der Waals surface area contributed by atoms with Crippen molar-refractivity contribution in [2.24, 2.45) is 0 Å². The van der Waals surface area contributed by atoms with Crippen molar-refractivity contribution in [3.63, 3.8) is 0 Å². The van der Waals surface area contributed by atoms with Crippen LogP contribution < -0.4 is 15.1 Å². The molecule has 2 aromatic carbocycles. The van der Waals surface area contributed by atoms with Gasteiger partial charge in [-0.15, -0.1) is 0 Å². The molecule has 2 aromatic rings. The van der Waals surface area contributed by atoms with Gasteiger partial charge in [0.25, 0.3) is 5.91 Å². The highest BCUT2D eigenvalue weighted by atomic mass is 19.4. The fourth-order valence-electron chi connectivity index (χ4n) is 4.86. The number of hydrogen-bond donors (Lipinski definition) is 1. The number of nitrogens with one attached hydrogen (secondary N) is 1. The minimum atomic E-state index is -4.76. The molecule has 0 radical (unpaired) electrons. The Hall–Kier alpha value is -3.61. The van der Waals surface area contributed by atoms with Crippen LogP contribution in [0, 0.1) is 17.1 Å². The monoisotopic (exact) mass is 474 g/mol. The van der Waals surface area contributed by atoms with Crippen LogP contribution in [0.3, 0.4) is 0 Å². The Labute approximate surface area is 193 Å². The summed E-state index contributed by atoms with van der Waals surface area (Å²) in [5, 5.41) is 11.5. The van der Waals surface area contributed by atoms with E-state index < -0.39 is 41.1 Å². The van der Waals surface area contributed by atoms with Crippen molar-refractivity contribution in [3.8, 4) is 6.07 Å². The number of anilines is 2. The quantitative estimate of drug-likeness (QED) is 0.620. The highest BCUT2D eigenvalue weighted by Gasteiger charge is 2.48. The topological polar surface area (TPSA) is 76.4 Å². The van der Waals surface area contributed by atoms with Crippen molar-refractivity contribution in [1.82, 2.24) is 5.32 Å². The molecule has 1 N–H and O–H groups in total. The molecule has 1 aliphatic carbocycles. The van der Waals surface area contributed by atoms with Crippen molar-refractivity contribution in [2.75, 3.05) is 16.8 Å². The van der Waals surface area contributed by atoms with Crippen molar-refractivity contribution in [3.05, 3.63) is 58.9 Å². The van der Waals surface area contributed by atoms with E-state index in [-0.39, 0.29) is 23.0 Å². The summed E-state index contributed by atoms with van der Waals surface area (Å²) >= 11 is 0. The SMILES string of the molecule is CNC(=O)c1ccc(N2C(=O)N(c3ccc(C#N)c(C(F)(F)F)c3)C3CCCCCC32)cc1F. The first-order chi connectivity index (χ1) is 16.2. The highest BCUT2D eigenvalue weighted by Crippen LogP contribution is 2.41. The lowest BCUT2D eigenvalue weighted by molar-refractivity contribution is -0.137. The summed E-state index contributed by atoms with van der Waals surface area (Å²) in [5.41, 5.74) is -1.53. The minimum Gasteiger partial charge on any atom is -0.355 e. The van der Waals surface area contributed by atoms with E-state index in [1.54, 1.807) is 6.07 Å². The molecule has 0 bridgehead atoms. The van der Waals surface area contributed by atoms with Crippen LogP contribution in [0.15, 0.2) is 36.4 Å². The lowest BCUT2D eigenvalue weighted by atomic mass is 10.0. The van der Waals surface area contributed by atoms with Crippen LogP contribution >= 0.6 is 0 Å². The zero-order chi connectivity index (χ0) is 24.6. The van der Waals surface area contributed by atoms with Gasteiger partial charge in [0.1, 0.15) is 5.82 Å². The maximum absolute atomic E-state index is 14.7. The molecule has 1 heterocycles. The summed E-state index contributed by atoms with van der Waals surface area (Å²) in [7, 11) is 1.38. The smallest absolute Gasteiger partial charge is 0.355 e. The Morgan fingerprint density at radius 3 is 2.15 bits per heavy atom. The average molecular weight is 474 g/mol. The maximum atomic E-state index is 14.7. The van der Waals surface area contributed by atoms with Crippen LogP contribution in [0.25, 0.3) is 0 Å². The molecular weight excluding hydrogens is 452 g/mol. The fraction of sp³-hybridized carbons (Fsp3) is 0.375. The van der Waals surface area contributed by atoms with Crippen LogP contribution in [0.1, 0.15) is 53.6 Å². The second-order valence-corrected chi connectivity index (χ2v) is 8.38. The van der Waals surface area contributed by atoms with Crippen LogP contribution in [0.2, 0.25) is 0 Å². The van der Waals surface area contributed by atoms with E-state index >= 15 is 0 Å². The summed E-state index contributed by atoms with van der Waals surface area (Å²) in [6, 6.07) is 7.30. The molecule has 10 heteroatoms. The number of nitrogens with zero attached hydrogens (tertiary/aromatic N) is 3. The van der Waals surface area contributed by atoms with Gasteiger partial charge < -0.3 is 5.32 Å². The maximum Gasteiger partial charge on any atom is 0.417 e. The molecule has 34 heavy (non-hydrogen) atoms. The van der Waals surface area contributed by atoms with Gasteiger partial charge in [-0.2, -0.15) is 18.4 Å². The number of fused-ring (bicyclic) bond motifs is 1. The first kappa shape index (κ1) is 23.5. The number of rotatable bonds is 3. The Kier molecular flexibility index (Phi) is 6.21. The van der Waals surface area contributed by atoms with Crippen molar-refractivity contribution in [1.29, 1.82) is 5.26 Å². The number of carbonyl (C=O) groups is 2. The Bertz CT molecular complexity index is 1170. The van der Waals surface area contributed by atoms with Gasteiger partial charge in [-0.25, -0.2) is 9.18 Å². The van der Waals surface area contributed by atoms with Crippen molar-refractivity contribution >= 4 is 23.3 Å². The highest BCUT2D eigenvalue weighted by molar-refractivity contribution is 6.08. The Morgan fingerprint density at radius 2 is 1.62 bits per heavy atom. The molecule has 2 fully saturated rings. The molecule has 2 atom stereocenters. The molecule has 3 amide bonds. The normalized spacial score (nSPS) is 20.5. The van der Waals surface area contributed by atoms with Crippen LogP contribution in [0.4, 0.5) is 33.7 Å². The lowest BCUT2D eigenvalue weighted by Crippen LogP contribution is -2.36. The molecule has 178 valence electrons. The standard InChI is InChI=1S/C24H22F4N4O2/c1-30-22(33)17-10-9-16(12-19(17)25)32-21-6-4-2-3-5-20(21)31(23(32)34)15-8-7-14(13-29)18(11-15)24(26,27)28/h7-12,20-21H,2-6H2,1H3,(H,30,33). The summed E-state index contributed by atoms with van der Waals surface area (Å²) in [4.78, 5) is 28.2. The van der Waals surface area contributed by atoms with Crippen molar-refractivity contribution < 1.29 is 27.2 Å². The first-order valence-corrected chi connectivity index (χ1v) is 10.9. The zero-order valence-electron chi connectivity index (χ0n) is 18.3. The summed E-state index contributed by atoms with van der Waals surface area (Å²) < 4.78 is 55.4. The molecule has 6 nitrogen and oxygen atoms in total. The van der Waals surface area contributed by atoms with Crippen molar-refractivity contribution in [2.45, 2.75) is 50.4 Å². The third-order valence-corrected chi connectivity index (χ3v) is 6.43. The number of alkyl halides is 3. The minimum absolute atomic E-state index is 0.0400. The van der Waals surface area contributed by atoms with Gasteiger partial charge in [0.05, 0.1) is 34.8 Å². The van der Waals surface area contributed by atoms with E-state index in [1.807, 2.05) is 0 Å². The van der Waals surface area contributed by atoms with E-state index in [0.717, 1.165) is 37.5 Å². The molecule has 2 unspecified atom stereocenters. The summed E-state index contributed by atoms with van der Waals surface area (Å²) in [6.45, 7) is 0.